The Balaban J connectivity index is 1.69. The summed E-state index contributed by atoms with van der Waals surface area (Å²) in [5.41, 5.74) is 2.13. The molecule has 1 amide bonds. The summed E-state index contributed by atoms with van der Waals surface area (Å²) >= 11 is 0. The first-order chi connectivity index (χ1) is 12.0. The highest BCUT2D eigenvalue weighted by atomic mass is 19.3. The fraction of sp³-hybridized carbons (Fsp3) is 0.278. The molecule has 3 rings (SSSR count). The van der Waals surface area contributed by atoms with E-state index in [-0.39, 0.29) is 17.9 Å². The van der Waals surface area contributed by atoms with E-state index in [2.05, 4.69) is 15.4 Å². The first-order valence-corrected chi connectivity index (χ1v) is 7.87. The van der Waals surface area contributed by atoms with Gasteiger partial charge >= 0.3 is 6.61 Å². The van der Waals surface area contributed by atoms with Crippen LogP contribution >= 0.6 is 0 Å². The molecule has 0 saturated carbocycles. The Morgan fingerprint density at radius 1 is 1.28 bits per heavy atom. The molecule has 1 heterocycles. The van der Waals surface area contributed by atoms with Crippen LogP contribution in [0.4, 0.5) is 18.9 Å². The van der Waals surface area contributed by atoms with Crippen LogP contribution in [-0.2, 0) is 24.2 Å². The maximum absolute atomic E-state index is 14.5. The lowest BCUT2D eigenvalue weighted by molar-refractivity contribution is -0.115. The van der Waals surface area contributed by atoms with E-state index in [1.807, 2.05) is 0 Å². The van der Waals surface area contributed by atoms with Crippen molar-refractivity contribution in [1.82, 2.24) is 5.32 Å². The van der Waals surface area contributed by atoms with E-state index in [1.54, 1.807) is 12.1 Å². The predicted molar refractivity (Wildman–Crippen MR) is 87.2 cm³/mol. The quantitative estimate of drug-likeness (QED) is 0.870. The van der Waals surface area contributed by atoms with Crippen LogP contribution < -0.4 is 15.4 Å². The van der Waals surface area contributed by atoms with Gasteiger partial charge in [-0.05, 0) is 47.9 Å². The Labute approximate surface area is 143 Å². The van der Waals surface area contributed by atoms with Gasteiger partial charge in [-0.2, -0.15) is 8.78 Å². The van der Waals surface area contributed by atoms with Gasteiger partial charge in [0, 0.05) is 6.54 Å². The van der Waals surface area contributed by atoms with Gasteiger partial charge in [0.15, 0.2) is 0 Å². The second-order valence-corrected chi connectivity index (χ2v) is 5.74. The number of ether oxygens (including phenoxy) is 1. The lowest BCUT2D eigenvalue weighted by Crippen LogP contribution is -2.25. The van der Waals surface area contributed by atoms with E-state index in [0.717, 1.165) is 5.56 Å². The third-order valence-corrected chi connectivity index (χ3v) is 3.97. The van der Waals surface area contributed by atoms with Crippen LogP contribution in [0.3, 0.4) is 0 Å². The van der Waals surface area contributed by atoms with E-state index in [0.29, 0.717) is 30.6 Å². The number of fused-ring (bicyclic) bond motifs is 1. The summed E-state index contributed by atoms with van der Waals surface area (Å²) in [7, 11) is 0. The number of carbonyl (C=O) groups excluding carboxylic acids is 1. The van der Waals surface area contributed by atoms with E-state index in [1.165, 1.54) is 24.3 Å². The third-order valence-electron chi connectivity index (χ3n) is 3.97. The summed E-state index contributed by atoms with van der Waals surface area (Å²) in [6, 6.07) is 9.21. The summed E-state index contributed by atoms with van der Waals surface area (Å²) in [5, 5.41) is 5.71. The number of anilines is 1. The van der Waals surface area contributed by atoms with Crippen molar-refractivity contribution < 1.29 is 22.7 Å². The minimum atomic E-state index is -2.93. The molecule has 2 N–H and O–H groups in total. The summed E-state index contributed by atoms with van der Waals surface area (Å²) in [4.78, 5) is 12.2. The normalized spacial score (nSPS) is 13.4. The lowest BCUT2D eigenvalue weighted by atomic mass is 9.99. The van der Waals surface area contributed by atoms with Crippen LogP contribution in [0.1, 0.15) is 16.7 Å². The molecule has 0 aromatic heterocycles. The number of alkyl halides is 2. The second-order valence-electron chi connectivity index (χ2n) is 5.74. The van der Waals surface area contributed by atoms with Crippen molar-refractivity contribution in [1.29, 1.82) is 0 Å². The number of benzene rings is 2. The summed E-state index contributed by atoms with van der Waals surface area (Å²) in [6.07, 6.45) is 0.496. The van der Waals surface area contributed by atoms with Crippen molar-refractivity contribution in [3.05, 3.63) is 58.9 Å². The molecule has 4 nitrogen and oxygen atoms in total. The average molecular weight is 350 g/mol. The Morgan fingerprint density at radius 2 is 2.12 bits per heavy atom. The largest absolute Gasteiger partial charge is 0.435 e. The standard InChI is InChI=1S/C18H17F3N2O2/c19-17-14-6-7-22-10-12(14)4-5-15(17)23-16(24)9-11-2-1-3-13(8-11)25-18(20)21/h1-5,8,18,22H,6-7,9-10H2,(H,23,24). The molecule has 1 aliphatic rings. The van der Waals surface area contributed by atoms with Crippen molar-refractivity contribution in [2.24, 2.45) is 0 Å². The van der Waals surface area contributed by atoms with E-state index >= 15 is 0 Å². The van der Waals surface area contributed by atoms with Crippen molar-refractivity contribution in [3.63, 3.8) is 0 Å². The van der Waals surface area contributed by atoms with Gasteiger partial charge in [0.25, 0.3) is 0 Å². The van der Waals surface area contributed by atoms with Crippen LogP contribution in [0.5, 0.6) is 5.75 Å². The fourth-order valence-corrected chi connectivity index (χ4v) is 2.84. The van der Waals surface area contributed by atoms with Crippen LogP contribution in [0.2, 0.25) is 0 Å². The summed E-state index contributed by atoms with van der Waals surface area (Å²) in [5.74, 6) is -0.864. The van der Waals surface area contributed by atoms with Crippen molar-refractivity contribution in [2.45, 2.75) is 26.0 Å². The van der Waals surface area contributed by atoms with Crippen molar-refractivity contribution in [2.75, 3.05) is 11.9 Å². The molecule has 2 aromatic rings. The van der Waals surface area contributed by atoms with Gasteiger partial charge in [-0.15, -0.1) is 0 Å². The molecule has 0 radical (unpaired) electrons. The number of hydrogen-bond donors (Lipinski definition) is 2. The molecule has 0 fully saturated rings. The van der Waals surface area contributed by atoms with Gasteiger partial charge in [-0.1, -0.05) is 18.2 Å². The molecule has 2 aromatic carbocycles. The predicted octanol–water partition coefficient (Wildman–Crippen LogP) is 3.25. The lowest BCUT2D eigenvalue weighted by Gasteiger charge is -2.19. The number of amides is 1. The first-order valence-electron chi connectivity index (χ1n) is 7.87. The monoisotopic (exact) mass is 350 g/mol. The first kappa shape index (κ1) is 17.3. The van der Waals surface area contributed by atoms with E-state index in [9.17, 15) is 18.0 Å². The minimum absolute atomic E-state index is 0.0206. The highest BCUT2D eigenvalue weighted by Gasteiger charge is 2.17. The number of rotatable bonds is 5. The number of carbonyl (C=O) groups is 1. The second kappa shape index (κ2) is 7.57. The topological polar surface area (TPSA) is 50.4 Å². The van der Waals surface area contributed by atoms with Gasteiger partial charge in [-0.25, -0.2) is 4.39 Å². The third kappa shape index (κ3) is 4.30. The number of halogens is 3. The molecule has 0 saturated heterocycles. The molecule has 1 aliphatic heterocycles. The Bertz CT molecular complexity index is 781. The van der Waals surface area contributed by atoms with Crippen LogP contribution in [0.15, 0.2) is 36.4 Å². The molecule has 0 unspecified atom stereocenters. The zero-order valence-electron chi connectivity index (χ0n) is 13.3. The van der Waals surface area contributed by atoms with Crippen molar-refractivity contribution in [3.8, 4) is 5.75 Å². The van der Waals surface area contributed by atoms with E-state index < -0.39 is 18.3 Å². The fourth-order valence-electron chi connectivity index (χ4n) is 2.84. The smallest absolute Gasteiger partial charge is 0.387 e. The zero-order chi connectivity index (χ0) is 17.8. The molecule has 132 valence electrons. The van der Waals surface area contributed by atoms with Gasteiger partial charge < -0.3 is 15.4 Å². The summed E-state index contributed by atoms with van der Waals surface area (Å²) in [6.45, 7) is -1.63. The summed E-state index contributed by atoms with van der Waals surface area (Å²) < 4.78 is 43.3. The highest BCUT2D eigenvalue weighted by molar-refractivity contribution is 5.92. The Morgan fingerprint density at radius 3 is 2.92 bits per heavy atom. The molecule has 25 heavy (non-hydrogen) atoms. The molecule has 0 spiro atoms. The highest BCUT2D eigenvalue weighted by Crippen LogP contribution is 2.25. The maximum atomic E-state index is 14.5. The SMILES string of the molecule is O=C(Cc1cccc(OC(F)F)c1)Nc1ccc2c(c1F)CCNC2. The van der Waals surface area contributed by atoms with Crippen LogP contribution in [0, 0.1) is 5.82 Å². The Hall–Kier alpha value is -2.54. The van der Waals surface area contributed by atoms with Gasteiger partial charge in [0.05, 0.1) is 12.1 Å². The molecule has 7 heteroatoms. The molecule has 0 bridgehead atoms. The van der Waals surface area contributed by atoms with E-state index in [4.69, 9.17) is 0 Å². The van der Waals surface area contributed by atoms with Crippen LogP contribution in [-0.4, -0.2) is 19.1 Å². The Kier molecular flexibility index (Phi) is 5.23. The zero-order valence-corrected chi connectivity index (χ0v) is 13.3. The molecule has 0 aliphatic carbocycles. The van der Waals surface area contributed by atoms with Crippen LogP contribution in [0.25, 0.3) is 0 Å². The van der Waals surface area contributed by atoms with Gasteiger partial charge in [-0.3, -0.25) is 4.79 Å². The molecular weight excluding hydrogens is 333 g/mol. The number of nitrogens with one attached hydrogen (secondary N) is 2. The molecule has 0 atom stereocenters. The molecular formula is C18H17F3N2O2. The van der Waals surface area contributed by atoms with Gasteiger partial charge in [0.2, 0.25) is 5.91 Å². The maximum Gasteiger partial charge on any atom is 0.387 e. The number of hydrogen-bond acceptors (Lipinski definition) is 3. The average Bonchev–Trinajstić information content (AvgIpc) is 2.57. The minimum Gasteiger partial charge on any atom is -0.435 e. The van der Waals surface area contributed by atoms with Crippen molar-refractivity contribution >= 4 is 11.6 Å². The van der Waals surface area contributed by atoms with Gasteiger partial charge in [0.1, 0.15) is 11.6 Å².